The summed E-state index contributed by atoms with van der Waals surface area (Å²) < 4.78 is 55.6. The van der Waals surface area contributed by atoms with Crippen LogP contribution in [0.15, 0.2) is 49.1 Å². The second-order valence-electron chi connectivity index (χ2n) is 7.56. The Morgan fingerprint density at radius 3 is 1.75 bits per heavy atom. The van der Waals surface area contributed by atoms with E-state index >= 15 is 0 Å². The number of halogens is 4. The molecule has 0 heterocycles. The summed E-state index contributed by atoms with van der Waals surface area (Å²) in [7, 11) is 0. The fraction of sp³-hybridized carbons (Fsp3) is 0.364. The number of rotatable bonds is 10. The van der Waals surface area contributed by atoms with Crippen molar-refractivity contribution in [2.24, 2.45) is 0 Å². The van der Waals surface area contributed by atoms with Crippen molar-refractivity contribution in [3.63, 3.8) is 0 Å². The van der Waals surface area contributed by atoms with E-state index in [-0.39, 0.29) is 0 Å². The van der Waals surface area contributed by atoms with E-state index in [2.05, 4.69) is 6.58 Å². The Labute approximate surface area is 181 Å². The van der Waals surface area contributed by atoms with Crippen molar-refractivity contribution in [2.45, 2.75) is 42.4 Å². The van der Waals surface area contributed by atoms with Crippen LogP contribution in [0.3, 0.4) is 0 Å². The molecule has 0 aliphatic rings. The molecule has 0 aliphatic carbocycles. The minimum atomic E-state index is -3.01. The van der Waals surface area contributed by atoms with Crippen LogP contribution in [0.1, 0.15) is 11.1 Å². The van der Waals surface area contributed by atoms with Crippen molar-refractivity contribution in [3.8, 4) is 0 Å². The van der Waals surface area contributed by atoms with Crippen molar-refractivity contribution in [2.75, 3.05) is 6.61 Å². The van der Waals surface area contributed by atoms with Gasteiger partial charge in [0.2, 0.25) is 0 Å². The number of aliphatic hydroxyl groups is 6. The summed E-state index contributed by atoms with van der Waals surface area (Å²) in [5, 5.41) is 62.5. The zero-order valence-electron chi connectivity index (χ0n) is 16.8. The molecule has 0 fully saturated rings. The fourth-order valence-electron chi connectivity index (χ4n) is 3.49. The van der Waals surface area contributed by atoms with E-state index in [1.165, 1.54) is 0 Å². The highest BCUT2D eigenvalue weighted by molar-refractivity contribution is 5.27. The first-order valence-electron chi connectivity index (χ1n) is 9.50. The Balaban J connectivity index is 2.55. The van der Waals surface area contributed by atoms with Gasteiger partial charge < -0.3 is 30.6 Å². The zero-order chi connectivity index (χ0) is 24.3. The van der Waals surface area contributed by atoms with Gasteiger partial charge in [-0.1, -0.05) is 30.3 Å². The summed E-state index contributed by atoms with van der Waals surface area (Å²) in [6.07, 6.45) is -8.18. The first kappa shape index (κ1) is 25.9. The zero-order valence-corrected chi connectivity index (χ0v) is 16.8. The van der Waals surface area contributed by atoms with E-state index in [1.54, 1.807) is 0 Å². The molecule has 2 rings (SSSR count). The van der Waals surface area contributed by atoms with Gasteiger partial charge in [-0.25, -0.2) is 17.6 Å². The summed E-state index contributed by atoms with van der Waals surface area (Å²) >= 11 is 0. The van der Waals surface area contributed by atoms with Crippen molar-refractivity contribution in [1.82, 2.24) is 0 Å². The smallest absolute Gasteiger partial charge is 0.162 e. The molecule has 0 saturated carbocycles. The largest absolute Gasteiger partial charge is 0.394 e. The summed E-state index contributed by atoms with van der Waals surface area (Å²) in [5.41, 5.74) is -6.63. The first-order chi connectivity index (χ1) is 14.9. The lowest BCUT2D eigenvalue weighted by atomic mass is 9.73. The van der Waals surface area contributed by atoms with E-state index in [9.17, 15) is 43.1 Å². The molecule has 2 aromatic carbocycles. The molecule has 0 bridgehead atoms. The molecule has 10 heteroatoms. The monoisotopic (exact) mass is 460 g/mol. The third-order valence-electron chi connectivity index (χ3n) is 5.37. The molecule has 32 heavy (non-hydrogen) atoms. The van der Waals surface area contributed by atoms with Crippen LogP contribution < -0.4 is 0 Å². The molecule has 6 nitrogen and oxygen atoms in total. The highest BCUT2D eigenvalue weighted by Crippen LogP contribution is 2.34. The van der Waals surface area contributed by atoms with Crippen LogP contribution >= 0.6 is 0 Å². The lowest BCUT2D eigenvalue weighted by Gasteiger charge is -2.45. The summed E-state index contributed by atoms with van der Waals surface area (Å²) in [4.78, 5) is 0. The van der Waals surface area contributed by atoms with Crippen LogP contribution in [-0.2, 0) is 12.8 Å². The van der Waals surface area contributed by atoms with Gasteiger partial charge in [0.15, 0.2) is 23.3 Å². The van der Waals surface area contributed by atoms with Crippen molar-refractivity contribution >= 4 is 0 Å². The average Bonchev–Trinajstić information content (AvgIpc) is 2.78. The van der Waals surface area contributed by atoms with Gasteiger partial charge in [0.25, 0.3) is 0 Å². The number of hydrogen-bond donors (Lipinski definition) is 6. The van der Waals surface area contributed by atoms with Crippen LogP contribution in [0.2, 0.25) is 0 Å². The molecule has 0 aliphatic heterocycles. The Hall–Kier alpha value is -2.34. The molecule has 0 saturated heterocycles. The van der Waals surface area contributed by atoms with Crippen molar-refractivity contribution < 1.29 is 48.2 Å². The van der Waals surface area contributed by atoms with E-state index in [4.69, 9.17) is 5.11 Å². The topological polar surface area (TPSA) is 121 Å². The average molecular weight is 460 g/mol. The van der Waals surface area contributed by atoms with Gasteiger partial charge in [-0.15, -0.1) is 6.58 Å². The van der Waals surface area contributed by atoms with Crippen LogP contribution in [0, 0.1) is 23.3 Å². The third kappa shape index (κ3) is 5.01. The summed E-state index contributed by atoms with van der Waals surface area (Å²) in [6.45, 7) is 2.21. The van der Waals surface area contributed by atoms with E-state index in [1.807, 2.05) is 0 Å². The molecule has 0 amide bonds. The van der Waals surface area contributed by atoms with Gasteiger partial charge in [-0.2, -0.15) is 0 Å². The molecular weight excluding hydrogens is 436 g/mol. The molecular formula is C22H24F4O6. The van der Waals surface area contributed by atoms with Gasteiger partial charge in [0.1, 0.15) is 29.5 Å². The summed E-state index contributed by atoms with van der Waals surface area (Å²) in [6, 6.07) is 5.91. The Bertz CT molecular complexity index is 958. The van der Waals surface area contributed by atoms with Crippen LogP contribution in [0.5, 0.6) is 0 Å². The Morgan fingerprint density at radius 1 is 0.844 bits per heavy atom. The highest BCUT2D eigenvalue weighted by atomic mass is 19.2. The van der Waals surface area contributed by atoms with Gasteiger partial charge >= 0.3 is 0 Å². The minimum Gasteiger partial charge on any atom is -0.394 e. The molecule has 176 valence electrons. The fourth-order valence-corrected chi connectivity index (χ4v) is 3.49. The first-order valence-corrected chi connectivity index (χ1v) is 9.50. The second kappa shape index (κ2) is 10.1. The standard InChI is InChI=1S/C22H24F4O6/c1-2-21(31,9-12-5-3-7-14(23)17(12)25)20(30)22(32,19(29)16(28)11-27)10-13-6-4-8-15(24)18(13)26/h2-8,16,19-20,27-32H,1,9-11H2/t16-,19+,20+,21?,22+/m0/s1. The quantitative estimate of drug-likeness (QED) is 0.230. The minimum absolute atomic E-state index is 0.428. The lowest BCUT2D eigenvalue weighted by Crippen LogP contribution is -2.66. The number of aliphatic hydroxyl groups excluding tert-OH is 4. The Kier molecular flexibility index (Phi) is 8.16. The summed E-state index contributed by atoms with van der Waals surface area (Å²) in [5.74, 6) is -5.34. The molecule has 2 aromatic rings. The molecule has 6 N–H and O–H groups in total. The van der Waals surface area contributed by atoms with Gasteiger partial charge in [0.05, 0.1) is 6.61 Å². The maximum Gasteiger partial charge on any atom is 0.162 e. The van der Waals surface area contributed by atoms with Crippen LogP contribution in [0.25, 0.3) is 0 Å². The van der Waals surface area contributed by atoms with Crippen molar-refractivity contribution in [3.05, 3.63) is 83.4 Å². The van der Waals surface area contributed by atoms with Gasteiger partial charge in [-0.05, 0) is 23.3 Å². The third-order valence-corrected chi connectivity index (χ3v) is 5.37. The maximum atomic E-state index is 14.2. The normalized spacial score (nSPS) is 18.3. The van der Waals surface area contributed by atoms with Crippen LogP contribution in [-0.4, -0.2) is 66.8 Å². The van der Waals surface area contributed by atoms with E-state index in [0.717, 1.165) is 36.4 Å². The van der Waals surface area contributed by atoms with Gasteiger partial charge in [0, 0.05) is 12.8 Å². The number of hydrogen-bond acceptors (Lipinski definition) is 6. The maximum absolute atomic E-state index is 14.2. The molecule has 0 spiro atoms. The van der Waals surface area contributed by atoms with Crippen LogP contribution in [0.4, 0.5) is 17.6 Å². The predicted octanol–water partition coefficient (Wildman–Crippen LogP) is 0.751. The predicted molar refractivity (Wildman–Crippen MR) is 105 cm³/mol. The van der Waals surface area contributed by atoms with Gasteiger partial charge in [-0.3, -0.25) is 0 Å². The van der Waals surface area contributed by atoms with E-state index in [0.29, 0.717) is 6.08 Å². The highest BCUT2D eigenvalue weighted by Gasteiger charge is 2.54. The second-order valence-corrected chi connectivity index (χ2v) is 7.56. The SMILES string of the molecule is C=CC(O)(Cc1cccc(F)c1F)[C@@H](O)[C@@](O)(Cc1cccc(F)c1F)[C@H](O)[C@@H](O)CO. The molecule has 5 atom stereocenters. The van der Waals surface area contributed by atoms with Crippen molar-refractivity contribution in [1.29, 1.82) is 0 Å². The lowest BCUT2D eigenvalue weighted by molar-refractivity contribution is -0.218. The molecule has 0 aromatic heterocycles. The van der Waals surface area contributed by atoms with E-state index < -0.39 is 83.4 Å². The molecule has 1 unspecified atom stereocenters. The number of benzene rings is 2. The Morgan fingerprint density at radius 2 is 1.31 bits per heavy atom. The molecule has 0 radical (unpaired) electrons.